The third-order valence-corrected chi connectivity index (χ3v) is 2.16. The van der Waals surface area contributed by atoms with Gasteiger partial charge in [0.15, 0.2) is 5.82 Å². The third-order valence-electron chi connectivity index (χ3n) is 2.16. The van der Waals surface area contributed by atoms with Gasteiger partial charge in [-0.05, 0) is 12.1 Å². The fraction of sp³-hybridized carbons (Fsp3) is 0.222. The van der Waals surface area contributed by atoms with Gasteiger partial charge in [0.1, 0.15) is 5.69 Å². The third kappa shape index (κ3) is 2.33. The largest absolute Gasteiger partial charge is 0.460 e. The molecule has 0 aliphatic heterocycles. The molecule has 2 aromatic heterocycles. The van der Waals surface area contributed by atoms with Gasteiger partial charge in [0.05, 0.1) is 0 Å². The van der Waals surface area contributed by atoms with Crippen LogP contribution < -0.4 is 5.76 Å². The highest BCUT2D eigenvalue weighted by Gasteiger charge is 2.58. The standard InChI is InChI=1S/C9H4F5N3O2/c10-8(11,9(12,13)14)4-1-2-15-5(3-4)6-16-7(18)19-17-6/h1-3H,(H,16,17,18). The zero-order valence-electron chi connectivity index (χ0n) is 8.83. The van der Waals surface area contributed by atoms with Crippen LogP contribution in [0.25, 0.3) is 11.5 Å². The molecule has 19 heavy (non-hydrogen) atoms. The fourth-order valence-electron chi connectivity index (χ4n) is 1.26. The first-order valence-corrected chi connectivity index (χ1v) is 4.69. The van der Waals surface area contributed by atoms with Crippen LogP contribution in [0.4, 0.5) is 22.0 Å². The SMILES string of the molecule is O=c1nc(-c2cc(C(F)(F)C(F)(F)F)ccn2)[nH]o1. The number of halogens is 5. The van der Waals surface area contributed by atoms with Gasteiger partial charge < -0.3 is 4.52 Å². The summed E-state index contributed by atoms with van der Waals surface area (Å²) in [5.41, 5.74) is -1.68. The van der Waals surface area contributed by atoms with E-state index < -0.39 is 23.4 Å². The molecule has 1 N–H and O–H groups in total. The summed E-state index contributed by atoms with van der Waals surface area (Å²) in [6, 6.07) is 0.996. The molecule has 0 spiro atoms. The number of alkyl halides is 5. The Bertz CT molecular complexity index is 646. The predicted molar refractivity (Wildman–Crippen MR) is 50.3 cm³/mol. The zero-order valence-corrected chi connectivity index (χ0v) is 8.83. The molecule has 0 aliphatic carbocycles. The van der Waals surface area contributed by atoms with Crippen molar-refractivity contribution in [2.75, 3.05) is 0 Å². The van der Waals surface area contributed by atoms with Crippen molar-refractivity contribution in [3.63, 3.8) is 0 Å². The number of H-pyrrole nitrogens is 1. The molecule has 0 bridgehead atoms. The lowest BCUT2D eigenvalue weighted by molar-refractivity contribution is -0.289. The molecular formula is C9H4F5N3O2. The molecular weight excluding hydrogens is 277 g/mol. The molecule has 0 atom stereocenters. The van der Waals surface area contributed by atoms with Crippen molar-refractivity contribution in [2.24, 2.45) is 0 Å². The second-order valence-electron chi connectivity index (χ2n) is 3.43. The van der Waals surface area contributed by atoms with Crippen LogP contribution in [-0.2, 0) is 5.92 Å². The molecule has 0 saturated heterocycles. The number of hydrogen-bond acceptors (Lipinski definition) is 4. The Balaban J connectivity index is 2.49. The first-order valence-electron chi connectivity index (χ1n) is 4.69. The molecule has 0 aliphatic rings. The minimum absolute atomic E-state index is 0.343. The smallest absolute Gasteiger partial charge is 0.321 e. The zero-order chi connectivity index (χ0) is 14.3. The first kappa shape index (κ1) is 13.2. The Morgan fingerprint density at radius 2 is 1.89 bits per heavy atom. The number of hydrogen-bond donors (Lipinski definition) is 1. The lowest BCUT2D eigenvalue weighted by Crippen LogP contribution is -2.33. The number of rotatable bonds is 2. The average molecular weight is 281 g/mol. The quantitative estimate of drug-likeness (QED) is 0.855. The molecule has 0 amide bonds. The number of nitrogens with zero attached hydrogens (tertiary/aromatic N) is 2. The topological polar surface area (TPSA) is 71.8 Å². The fourth-order valence-corrected chi connectivity index (χ4v) is 1.26. The summed E-state index contributed by atoms with van der Waals surface area (Å²) >= 11 is 0. The maximum Gasteiger partial charge on any atom is 0.460 e. The van der Waals surface area contributed by atoms with E-state index in [1.807, 2.05) is 5.16 Å². The van der Waals surface area contributed by atoms with E-state index >= 15 is 0 Å². The lowest BCUT2D eigenvalue weighted by atomic mass is 10.1. The van der Waals surface area contributed by atoms with Crippen molar-refractivity contribution < 1.29 is 26.5 Å². The van der Waals surface area contributed by atoms with Crippen molar-refractivity contribution in [1.82, 2.24) is 15.1 Å². The Morgan fingerprint density at radius 1 is 1.21 bits per heavy atom. The first-order chi connectivity index (χ1) is 8.72. The Kier molecular flexibility index (Phi) is 2.87. The van der Waals surface area contributed by atoms with E-state index in [0.717, 1.165) is 6.20 Å². The molecule has 2 heterocycles. The summed E-state index contributed by atoms with van der Waals surface area (Å²) in [5, 5.41) is 1.95. The predicted octanol–water partition coefficient (Wildman–Crippen LogP) is 2.08. The molecule has 10 heteroatoms. The summed E-state index contributed by atoms with van der Waals surface area (Å²) < 4.78 is 66.9. The molecule has 2 aromatic rings. The van der Waals surface area contributed by atoms with Gasteiger partial charge in [-0.2, -0.15) is 32.1 Å². The Hall–Kier alpha value is -2.26. The maximum absolute atomic E-state index is 13.1. The number of aromatic amines is 1. The normalized spacial score (nSPS) is 12.7. The molecule has 0 radical (unpaired) electrons. The highest BCUT2D eigenvalue weighted by Crippen LogP contribution is 2.44. The van der Waals surface area contributed by atoms with Crippen molar-refractivity contribution in [2.45, 2.75) is 12.1 Å². The van der Waals surface area contributed by atoms with Crippen LogP contribution in [0.5, 0.6) is 0 Å². The summed E-state index contributed by atoms with van der Waals surface area (Å²) in [7, 11) is 0. The van der Waals surface area contributed by atoms with Crippen LogP contribution in [0.2, 0.25) is 0 Å². The lowest BCUT2D eigenvalue weighted by Gasteiger charge is -2.19. The molecule has 0 aromatic carbocycles. The molecule has 0 unspecified atom stereocenters. The van der Waals surface area contributed by atoms with Gasteiger partial charge in [0, 0.05) is 11.8 Å². The van der Waals surface area contributed by atoms with Crippen LogP contribution >= 0.6 is 0 Å². The van der Waals surface area contributed by atoms with Gasteiger partial charge in [-0.1, -0.05) is 0 Å². The van der Waals surface area contributed by atoms with E-state index in [-0.39, 0.29) is 11.5 Å². The maximum atomic E-state index is 13.1. The van der Waals surface area contributed by atoms with E-state index in [1.54, 1.807) is 0 Å². The summed E-state index contributed by atoms with van der Waals surface area (Å²) in [5.74, 6) is -6.43. The summed E-state index contributed by atoms with van der Waals surface area (Å²) in [6.45, 7) is 0. The van der Waals surface area contributed by atoms with Gasteiger partial charge in [-0.25, -0.2) is 4.79 Å². The van der Waals surface area contributed by atoms with Gasteiger partial charge in [-0.15, -0.1) is 0 Å². The van der Waals surface area contributed by atoms with E-state index in [9.17, 15) is 26.7 Å². The Morgan fingerprint density at radius 3 is 2.42 bits per heavy atom. The number of nitrogens with one attached hydrogen (secondary N) is 1. The van der Waals surface area contributed by atoms with E-state index in [2.05, 4.69) is 14.5 Å². The monoisotopic (exact) mass is 281 g/mol. The average Bonchev–Trinajstić information content (AvgIpc) is 2.75. The van der Waals surface area contributed by atoms with Crippen LogP contribution in [0.3, 0.4) is 0 Å². The van der Waals surface area contributed by atoms with Crippen molar-refractivity contribution in [1.29, 1.82) is 0 Å². The van der Waals surface area contributed by atoms with Crippen LogP contribution in [0.1, 0.15) is 5.56 Å². The minimum atomic E-state index is -5.73. The van der Waals surface area contributed by atoms with Gasteiger partial charge in [0.25, 0.3) is 0 Å². The van der Waals surface area contributed by atoms with E-state index in [4.69, 9.17) is 0 Å². The van der Waals surface area contributed by atoms with Crippen molar-refractivity contribution >= 4 is 0 Å². The van der Waals surface area contributed by atoms with E-state index in [0.29, 0.717) is 12.1 Å². The highest BCUT2D eigenvalue weighted by molar-refractivity contribution is 5.49. The van der Waals surface area contributed by atoms with Crippen LogP contribution in [0.15, 0.2) is 27.6 Å². The van der Waals surface area contributed by atoms with Gasteiger partial charge in [-0.3, -0.25) is 4.98 Å². The molecule has 0 saturated carbocycles. The van der Waals surface area contributed by atoms with Gasteiger partial charge >= 0.3 is 17.9 Å². The Labute approximate surface area is 101 Å². The van der Waals surface area contributed by atoms with Crippen molar-refractivity contribution in [3.05, 3.63) is 34.4 Å². The number of pyridine rings is 1. The van der Waals surface area contributed by atoms with Crippen molar-refractivity contribution in [3.8, 4) is 11.5 Å². The van der Waals surface area contributed by atoms with E-state index in [1.165, 1.54) is 0 Å². The van der Waals surface area contributed by atoms with Gasteiger partial charge in [0.2, 0.25) is 0 Å². The summed E-state index contributed by atoms with van der Waals surface area (Å²) in [4.78, 5) is 17.4. The number of aromatic nitrogens is 3. The molecule has 102 valence electrons. The molecule has 0 fully saturated rings. The summed E-state index contributed by atoms with van der Waals surface area (Å²) in [6.07, 6.45) is -4.99. The molecule has 5 nitrogen and oxygen atoms in total. The van der Waals surface area contributed by atoms with Crippen LogP contribution in [-0.4, -0.2) is 21.3 Å². The minimum Gasteiger partial charge on any atom is -0.321 e. The highest BCUT2D eigenvalue weighted by atomic mass is 19.4. The van der Waals surface area contributed by atoms with Crippen LogP contribution in [0, 0.1) is 0 Å². The second kappa shape index (κ2) is 4.14. The molecule has 2 rings (SSSR count). The second-order valence-corrected chi connectivity index (χ2v) is 3.43.